The van der Waals surface area contributed by atoms with Crippen LogP contribution in [0.1, 0.15) is 110 Å². The average molecular weight is 496 g/mol. The first-order valence-corrected chi connectivity index (χ1v) is 14.0. The average Bonchev–Trinajstić information content (AvgIpc) is 2.75. The van der Waals surface area contributed by atoms with Crippen molar-refractivity contribution in [3.8, 4) is 0 Å². The van der Waals surface area contributed by atoms with Crippen molar-refractivity contribution in [1.82, 2.24) is 0 Å². The van der Waals surface area contributed by atoms with Crippen molar-refractivity contribution in [3.05, 3.63) is 0 Å². The first-order valence-electron chi connectivity index (χ1n) is 12.5. The Morgan fingerprint density at radius 1 is 0.848 bits per heavy atom. The SMILES string of the molecule is CCCCCCCCCCCCCCCC(=O)OCCCOP(=O)(O)O[C@@H](C)[C@@H](N)C(=O)O. The number of carboxylic acids is 1. The van der Waals surface area contributed by atoms with Gasteiger partial charge in [0.25, 0.3) is 0 Å². The van der Waals surface area contributed by atoms with Crippen molar-refractivity contribution in [2.75, 3.05) is 13.2 Å². The third-order valence-corrected chi connectivity index (χ3v) is 6.49. The highest BCUT2D eigenvalue weighted by molar-refractivity contribution is 7.47. The Labute approximate surface area is 199 Å². The van der Waals surface area contributed by atoms with Gasteiger partial charge in [0, 0.05) is 12.8 Å². The summed E-state index contributed by atoms with van der Waals surface area (Å²) in [6, 6.07) is -1.44. The zero-order chi connectivity index (χ0) is 25.0. The number of phosphoric acid groups is 1. The molecule has 3 atom stereocenters. The third-order valence-electron chi connectivity index (χ3n) is 5.38. The Morgan fingerprint density at radius 2 is 1.33 bits per heavy atom. The van der Waals surface area contributed by atoms with Gasteiger partial charge in [-0.15, -0.1) is 0 Å². The van der Waals surface area contributed by atoms with Crippen LogP contribution in [0.15, 0.2) is 0 Å². The fourth-order valence-corrected chi connectivity index (χ4v) is 4.26. The summed E-state index contributed by atoms with van der Waals surface area (Å²) in [6.07, 6.45) is 15.5. The topological polar surface area (TPSA) is 145 Å². The molecule has 0 aliphatic carbocycles. The second-order valence-electron chi connectivity index (χ2n) is 8.54. The van der Waals surface area contributed by atoms with E-state index in [1.54, 1.807) is 0 Å². The second kappa shape index (κ2) is 20.4. The van der Waals surface area contributed by atoms with Gasteiger partial charge in [-0.3, -0.25) is 18.6 Å². The van der Waals surface area contributed by atoms with Crippen LogP contribution in [-0.2, 0) is 27.9 Å². The van der Waals surface area contributed by atoms with Gasteiger partial charge in [-0.2, -0.15) is 0 Å². The first-order chi connectivity index (χ1) is 15.7. The third kappa shape index (κ3) is 20.1. The van der Waals surface area contributed by atoms with Crippen molar-refractivity contribution in [3.63, 3.8) is 0 Å². The minimum Gasteiger partial charge on any atom is -0.480 e. The molecule has 0 rings (SSSR count). The van der Waals surface area contributed by atoms with Crippen LogP contribution in [0, 0.1) is 0 Å². The molecule has 1 unspecified atom stereocenters. The summed E-state index contributed by atoms with van der Waals surface area (Å²) in [5.41, 5.74) is 5.32. The highest BCUT2D eigenvalue weighted by Crippen LogP contribution is 2.44. The molecule has 196 valence electrons. The van der Waals surface area contributed by atoms with E-state index >= 15 is 0 Å². The van der Waals surface area contributed by atoms with E-state index in [4.69, 9.17) is 24.6 Å². The number of rotatable bonds is 23. The maximum absolute atomic E-state index is 11.8. The molecule has 9 nitrogen and oxygen atoms in total. The van der Waals surface area contributed by atoms with Gasteiger partial charge in [0.05, 0.1) is 19.3 Å². The van der Waals surface area contributed by atoms with E-state index < -0.39 is 25.9 Å². The summed E-state index contributed by atoms with van der Waals surface area (Å²) in [6.45, 7) is 3.41. The zero-order valence-corrected chi connectivity index (χ0v) is 21.4. The molecule has 0 spiro atoms. The molecule has 0 aromatic carbocycles. The Bertz CT molecular complexity index is 561. The van der Waals surface area contributed by atoms with Crippen LogP contribution in [0.4, 0.5) is 0 Å². The molecule has 0 saturated heterocycles. The van der Waals surface area contributed by atoms with E-state index in [0.29, 0.717) is 6.42 Å². The van der Waals surface area contributed by atoms with Crippen LogP contribution in [0.5, 0.6) is 0 Å². The lowest BCUT2D eigenvalue weighted by Crippen LogP contribution is -2.41. The molecule has 0 amide bonds. The van der Waals surface area contributed by atoms with E-state index in [1.807, 2.05) is 0 Å². The van der Waals surface area contributed by atoms with E-state index in [2.05, 4.69) is 6.92 Å². The summed E-state index contributed by atoms with van der Waals surface area (Å²) in [5, 5.41) is 8.75. The lowest BCUT2D eigenvalue weighted by atomic mass is 10.0. The number of nitrogens with two attached hydrogens (primary N) is 1. The molecule has 0 fully saturated rings. The molecule has 0 aromatic rings. The quantitative estimate of drug-likeness (QED) is 0.0971. The number of hydrogen-bond donors (Lipinski definition) is 3. The van der Waals surface area contributed by atoms with Gasteiger partial charge >= 0.3 is 19.8 Å². The van der Waals surface area contributed by atoms with E-state index in [-0.39, 0.29) is 25.6 Å². The molecule has 10 heteroatoms. The number of carbonyl (C=O) groups excluding carboxylic acids is 1. The minimum atomic E-state index is -4.43. The van der Waals surface area contributed by atoms with Crippen molar-refractivity contribution in [2.24, 2.45) is 5.73 Å². The molecule has 0 aliphatic heterocycles. The number of ether oxygens (including phenoxy) is 1. The van der Waals surface area contributed by atoms with Crippen LogP contribution < -0.4 is 5.73 Å². The van der Waals surface area contributed by atoms with Crippen molar-refractivity contribution >= 4 is 19.8 Å². The highest BCUT2D eigenvalue weighted by atomic mass is 31.2. The number of carboxylic acid groups (broad SMARTS) is 1. The number of unbranched alkanes of at least 4 members (excludes halogenated alkanes) is 12. The molecule has 0 heterocycles. The molecular formula is C23H46NO8P. The smallest absolute Gasteiger partial charge is 0.472 e. The maximum Gasteiger partial charge on any atom is 0.472 e. The fourth-order valence-electron chi connectivity index (χ4n) is 3.29. The Kier molecular flexibility index (Phi) is 19.8. The van der Waals surface area contributed by atoms with Crippen LogP contribution in [0.25, 0.3) is 0 Å². The minimum absolute atomic E-state index is 0.0709. The zero-order valence-electron chi connectivity index (χ0n) is 20.5. The van der Waals surface area contributed by atoms with Crippen LogP contribution >= 0.6 is 7.82 Å². The second-order valence-corrected chi connectivity index (χ2v) is 9.95. The maximum atomic E-state index is 11.8. The summed E-state index contributed by atoms with van der Waals surface area (Å²) in [5.74, 6) is -1.64. The molecule has 0 aromatic heterocycles. The standard InChI is InChI=1S/C23H46NO8P/c1-3-4-5-6-7-8-9-10-11-12-13-14-15-17-21(25)30-18-16-19-31-33(28,29)32-20(2)22(24)23(26)27/h20,22H,3-19,24H2,1-2H3,(H,26,27)(H,28,29)/t20-,22+/m0/s1. The molecule has 0 aliphatic rings. The summed E-state index contributed by atoms with van der Waals surface area (Å²) >= 11 is 0. The monoisotopic (exact) mass is 495 g/mol. The van der Waals surface area contributed by atoms with Crippen molar-refractivity contribution < 1.29 is 37.9 Å². The Morgan fingerprint density at radius 3 is 1.82 bits per heavy atom. The number of hydrogen-bond acceptors (Lipinski definition) is 7. The number of esters is 1. The van der Waals surface area contributed by atoms with Gasteiger partial charge in [-0.05, 0) is 13.3 Å². The van der Waals surface area contributed by atoms with Gasteiger partial charge < -0.3 is 20.5 Å². The lowest BCUT2D eigenvalue weighted by molar-refractivity contribution is -0.144. The summed E-state index contributed by atoms with van der Waals surface area (Å²) in [4.78, 5) is 32.0. The molecular weight excluding hydrogens is 449 g/mol. The molecule has 0 bridgehead atoms. The van der Waals surface area contributed by atoms with Gasteiger partial charge in [0.1, 0.15) is 6.04 Å². The number of carbonyl (C=O) groups is 2. The van der Waals surface area contributed by atoms with E-state index in [1.165, 1.54) is 71.1 Å². The van der Waals surface area contributed by atoms with Gasteiger partial charge in [-0.25, -0.2) is 4.57 Å². The van der Waals surface area contributed by atoms with E-state index in [0.717, 1.165) is 19.3 Å². The first kappa shape index (κ1) is 32.0. The molecule has 4 N–H and O–H groups in total. The molecule has 0 radical (unpaired) electrons. The normalized spacial score (nSPS) is 15.0. The Balaban J connectivity index is 3.54. The van der Waals surface area contributed by atoms with Crippen molar-refractivity contribution in [1.29, 1.82) is 0 Å². The Hall–Kier alpha value is -0.990. The van der Waals surface area contributed by atoms with Gasteiger partial charge in [-0.1, -0.05) is 84.0 Å². The summed E-state index contributed by atoms with van der Waals surface area (Å²) < 4.78 is 26.3. The van der Waals surface area contributed by atoms with Crippen LogP contribution in [0.3, 0.4) is 0 Å². The number of phosphoric ester groups is 1. The molecule has 33 heavy (non-hydrogen) atoms. The predicted octanol–water partition coefficient (Wildman–Crippen LogP) is 5.34. The highest BCUT2D eigenvalue weighted by Gasteiger charge is 2.30. The summed E-state index contributed by atoms with van der Waals surface area (Å²) in [7, 11) is -4.43. The lowest BCUT2D eigenvalue weighted by Gasteiger charge is -2.19. The van der Waals surface area contributed by atoms with Crippen molar-refractivity contribution in [2.45, 2.75) is 122 Å². The van der Waals surface area contributed by atoms with Crippen LogP contribution in [0.2, 0.25) is 0 Å². The molecule has 0 saturated carbocycles. The number of aliphatic carboxylic acids is 1. The van der Waals surface area contributed by atoms with Crippen LogP contribution in [-0.4, -0.2) is 47.3 Å². The van der Waals surface area contributed by atoms with Gasteiger partial charge in [0.15, 0.2) is 0 Å². The van der Waals surface area contributed by atoms with E-state index in [9.17, 15) is 19.0 Å². The fraction of sp³-hybridized carbons (Fsp3) is 0.913. The predicted molar refractivity (Wildman–Crippen MR) is 128 cm³/mol. The van der Waals surface area contributed by atoms with Gasteiger partial charge in [0.2, 0.25) is 0 Å². The largest absolute Gasteiger partial charge is 0.480 e.